The molecule has 3 rings (SSSR count). The third kappa shape index (κ3) is 3.91. The summed E-state index contributed by atoms with van der Waals surface area (Å²) in [5.74, 6) is -0.367. The average Bonchev–Trinajstić information content (AvgIpc) is 2.62. The zero-order chi connectivity index (χ0) is 17.8. The van der Waals surface area contributed by atoms with E-state index in [9.17, 15) is 4.79 Å². The lowest BCUT2D eigenvalue weighted by atomic mass is 9.93. The van der Waals surface area contributed by atoms with Crippen LogP contribution < -0.4 is 10.6 Å². The first-order chi connectivity index (χ1) is 12.1. The van der Waals surface area contributed by atoms with Crippen LogP contribution in [0.3, 0.4) is 0 Å². The minimum absolute atomic E-state index is 0.306. The summed E-state index contributed by atoms with van der Waals surface area (Å²) in [6.45, 7) is 2.10. The van der Waals surface area contributed by atoms with E-state index in [0.29, 0.717) is 23.0 Å². The van der Waals surface area contributed by atoms with E-state index in [1.165, 1.54) is 0 Å². The van der Waals surface area contributed by atoms with Gasteiger partial charge in [-0.05, 0) is 42.4 Å². The molecule has 25 heavy (non-hydrogen) atoms. The number of hydrogen-bond donors (Lipinski definition) is 2. The minimum Gasteiger partial charge on any atom is -0.463 e. The van der Waals surface area contributed by atoms with Crippen LogP contribution >= 0.6 is 28.1 Å². The predicted molar refractivity (Wildman–Crippen MR) is 106 cm³/mol. The summed E-state index contributed by atoms with van der Waals surface area (Å²) in [4.78, 5) is 12.7. The van der Waals surface area contributed by atoms with Crippen LogP contribution in [0.1, 0.15) is 24.1 Å². The fourth-order valence-electron chi connectivity index (χ4n) is 2.76. The number of rotatable bonds is 4. The first-order valence-corrected chi connectivity index (χ1v) is 9.10. The lowest BCUT2D eigenvalue weighted by Crippen LogP contribution is -2.45. The molecule has 0 spiro atoms. The van der Waals surface area contributed by atoms with Crippen LogP contribution in [0.15, 0.2) is 64.6 Å². The molecule has 2 N–H and O–H groups in total. The Morgan fingerprint density at radius 2 is 1.96 bits per heavy atom. The second-order valence-electron chi connectivity index (χ2n) is 5.46. The summed E-state index contributed by atoms with van der Waals surface area (Å²) in [6.07, 6.45) is 0. The molecule has 0 aliphatic carbocycles. The molecule has 0 fully saturated rings. The lowest BCUT2D eigenvalue weighted by molar-refractivity contribution is -0.138. The lowest BCUT2D eigenvalue weighted by Gasteiger charge is -2.31. The van der Waals surface area contributed by atoms with Crippen LogP contribution in [0.4, 0.5) is 0 Å². The Morgan fingerprint density at radius 3 is 2.64 bits per heavy atom. The molecule has 0 saturated carbocycles. The monoisotopic (exact) mass is 416 g/mol. The zero-order valence-electron chi connectivity index (χ0n) is 13.6. The van der Waals surface area contributed by atoms with E-state index < -0.39 is 0 Å². The van der Waals surface area contributed by atoms with Crippen molar-refractivity contribution in [2.24, 2.45) is 0 Å². The number of benzene rings is 2. The highest BCUT2D eigenvalue weighted by Crippen LogP contribution is 2.32. The van der Waals surface area contributed by atoms with Gasteiger partial charge in [0.05, 0.1) is 23.9 Å². The molecule has 2 aromatic rings. The van der Waals surface area contributed by atoms with E-state index >= 15 is 0 Å². The summed E-state index contributed by atoms with van der Waals surface area (Å²) >= 11 is 8.86. The molecule has 6 heteroatoms. The van der Waals surface area contributed by atoms with Crippen LogP contribution in [-0.2, 0) is 9.53 Å². The highest BCUT2D eigenvalue weighted by molar-refractivity contribution is 9.10. The maximum Gasteiger partial charge on any atom is 0.338 e. The summed E-state index contributed by atoms with van der Waals surface area (Å²) in [5, 5.41) is 6.78. The highest BCUT2D eigenvalue weighted by Gasteiger charge is 2.33. The van der Waals surface area contributed by atoms with Crippen molar-refractivity contribution in [2.45, 2.75) is 13.0 Å². The van der Waals surface area contributed by atoms with Crippen LogP contribution in [0.2, 0.25) is 0 Å². The van der Waals surface area contributed by atoms with Gasteiger partial charge in [-0.2, -0.15) is 0 Å². The van der Waals surface area contributed by atoms with E-state index in [-0.39, 0.29) is 12.0 Å². The molecule has 1 aliphatic heterocycles. The molecular formula is C19H17BrN2O2S. The largest absolute Gasteiger partial charge is 0.463 e. The van der Waals surface area contributed by atoms with Crippen LogP contribution in [0, 0.1) is 0 Å². The Balaban J connectivity index is 2.18. The van der Waals surface area contributed by atoms with Gasteiger partial charge in [-0.1, -0.05) is 58.4 Å². The zero-order valence-corrected chi connectivity index (χ0v) is 16.0. The molecule has 0 aromatic heterocycles. The van der Waals surface area contributed by atoms with Crippen molar-refractivity contribution in [3.63, 3.8) is 0 Å². The summed E-state index contributed by atoms with van der Waals surface area (Å²) in [6, 6.07) is 17.1. The molecule has 1 atom stereocenters. The van der Waals surface area contributed by atoms with Gasteiger partial charge in [-0.15, -0.1) is 0 Å². The number of ether oxygens (including phenoxy) is 1. The van der Waals surface area contributed by atoms with Crippen molar-refractivity contribution < 1.29 is 9.53 Å². The normalized spacial score (nSPS) is 16.9. The maximum atomic E-state index is 12.7. The van der Waals surface area contributed by atoms with E-state index in [1.807, 2.05) is 54.6 Å². The molecule has 1 aliphatic rings. The van der Waals surface area contributed by atoms with Crippen molar-refractivity contribution >= 4 is 44.9 Å². The van der Waals surface area contributed by atoms with Gasteiger partial charge in [0.2, 0.25) is 0 Å². The van der Waals surface area contributed by atoms with Crippen molar-refractivity contribution in [3.05, 3.63) is 75.8 Å². The van der Waals surface area contributed by atoms with Crippen molar-refractivity contribution in [1.82, 2.24) is 10.6 Å². The van der Waals surface area contributed by atoms with Gasteiger partial charge in [-0.3, -0.25) is 0 Å². The molecule has 0 saturated heterocycles. The predicted octanol–water partition coefficient (Wildman–Crippen LogP) is 3.94. The molecule has 4 nitrogen and oxygen atoms in total. The molecule has 1 heterocycles. The number of thiocarbonyl (C=S) groups is 1. The van der Waals surface area contributed by atoms with Crippen molar-refractivity contribution in [1.29, 1.82) is 0 Å². The Morgan fingerprint density at radius 1 is 1.20 bits per heavy atom. The number of carbonyl (C=O) groups is 1. The first kappa shape index (κ1) is 17.6. The van der Waals surface area contributed by atoms with Crippen molar-refractivity contribution in [2.75, 3.05) is 6.61 Å². The van der Waals surface area contributed by atoms with Gasteiger partial charge in [0.25, 0.3) is 0 Å². The Hall–Kier alpha value is -2.18. The Bertz CT molecular complexity index is 836. The topological polar surface area (TPSA) is 50.4 Å². The quantitative estimate of drug-likeness (QED) is 0.583. The number of hydrogen-bond acceptors (Lipinski definition) is 3. The second kappa shape index (κ2) is 7.80. The Kier molecular flexibility index (Phi) is 5.50. The molecule has 1 unspecified atom stereocenters. The van der Waals surface area contributed by atoms with E-state index in [0.717, 1.165) is 15.6 Å². The van der Waals surface area contributed by atoms with Gasteiger partial charge in [0, 0.05) is 4.47 Å². The third-order valence-electron chi connectivity index (χ3n) is 3.81. The summed E-state index contributed by atoms with van der Waals surface area (Å²) in [7, 11) is 0. The molecule has 128 valence electrons. The average molecular weight is 417 g/mol. The van der Waals surface area contributed by atoms with E-state index in [4.69, 9.17) is 17.0 Å². The van der Waals surface area contributed by atoms with E-state index in [2.05, 4.69) is 26.6 Å². The first-order valence-electron chi connectivity index (χ1n) is 7.90. The van der Waals surface area contributed by atoms with Crippen molar-refractivity contribution in [3.8, 4) is 0 Å². The van der Waals surface area contributed by atoms with Crippen LogP contribution in [0.5, 0.6) is 0 Å². The minimum atomic E-state index is -0.388. The summed E-state index contributed by atoms with van der Waals surface area (Å²) in [5.41, 5.74) is 3.00. The second-order valence-corrected chi connectivity index (χ2v) is 6.79. The highest BCUT2D eigenvalue weighted by atomic mass is 79.9. The van der Waals surface area contributed by atoms with Gasteiger partial charge in [0.1, 0.15) is 0 Å². The molecule has 0 bridgehead atoms. The number of nitrogens with one attached hydrogen (secondary N) is 2. The number of halogens is 1. The fourth-order valence-corrected chi connectivity index (χ4v) is 3.40. The van der Waals surface area contributed by atoms with Gasteiger partial charge >= 0.3 is 5.97 Å². The Labute approximate surface area is 160 Å². The van der Waals surface area contributed by atoms with Crippen LogP contribution in [0.25, 0.3) is 5.70 Å². The smallest absolute Gasteiger partial charge is 0.338 e. The third-order valence-corrected chi connectivity index (χ3v) is 4.52. The fraction of sp³-hybridized carbons (Fsp3) is 0.158. The standard InChI is InChI=1S/C19H17BrN2O2S/c1-2-24-18(23)15-16(12-7-4-3-5-8-12)21-19(25)22-17(15)13-9-6-10-14(20)11-13/h3-11,17H,2H2,1H3,(H2,21,22,25). The SMILES string of the molecule is CCOC(=O)C1=C(c2ccccc2)NC(=S)NC1c1cccc(Br)c1. The molecular weight excluding hydrogens is 400 g/mol. The van der Waals surface area contributed by atoms with Gasteiger partial charge in [0.15, 0.2) is 5.11 Å². The maximum absolute atomic E-state index is 12.7. The molecule has 2 aromatic carbocycles. The molecule has 0 amide bonds. The summed E-state index contributed by atoms with van der Waals surface area (Å²) < 4.78 is 6.25. The van der Waals surface area contributed by atoms with Crippen LogP contribution in [-0.4, -0.2) is 17.7 Å². The van der Waals surface area contributed by atoms with Gasteiger partial charge < -0.3 is 15.4 Å². The molecule has 0 radical (unpaired) electrons. The number of carbonyl (C=O) groups excluding carboxylic acids is 1. The number of esters is 1. The van der Waals surface area contributed by atoms with Gasteiger partial charge in [-0.25, -0.2) is 4.79 Å². The van der Waals surface area contributed by atoms with E-state index in [1.54, 1.807) is 6.92 Å².